The van der Waals surface area contributed by atoms with Crippen LogP contribution in [0.1, 0.15) is 40.9 Å². The Morgan fingerprint density at radius 2 is 1.08 bits per heavy atom. The quantitative estimate of drug-likeness (QED) is 0.0260. The summed E-state index contributed by atoms with van der Waals surface area (Å²) in [6, 6.07) is 34.8. The number of nitrogens with zero attached hydrogens (tertiary/aromatic N) is 5. The Hall–Kier alpha value is -6.72. The number of rotatable bonds is 14. The van der Waals surface area contributed by atoms with Crippen molar-refractivity contribution in [3.8, 4) is 23.0 Å². The zero-order valence-corrected chi connectivity index (χ0v) is 45.5. The minimum Gasteiger partial charge on any atom is -0.871 e. The molecule has 0 bridgehead atoms. The molecular weight excluding hydrogens is 1080 g/mol. The van der Waals surface area contributed by atoms with Gasteiger partial charge in [-0.05, 0) is 122 Å². The number of phenols is 1. The van der Waals surface area contributed by atoms with Gasteiger partial charge in [-0.25, -0.2) is 0 Å². The molecule has 4 N–H and O–H groups in total. The number of amides is 1. The van der Waals surface area contributed by atoms with Crippen molar-refractivity contribution in [1.29, 1.82) is 0 Å². The van der Waals surface area contributed by atoms with E-state index in [1.807, 2.05) is 13.8 Å². The molecule has 0 aliphatic heterocycles. The summed E-state index contributed by atoms with van der Waals surface area (Å²) in [6.07, 6.45) is 0. The largest absolute Gasteiger partial charge is 2.00 e. The smallest absolute Gasteiger partial charge is 0.871 e. The number of fused-ring (bicyclic) bond motifs is 2. The van der Waals surface area contributed by atoms with E-state index in [0.29, 0.717) is 68.8 Å². The van der Waals surface area contributed by atoms with Gasteiger partial charge in [-0.3, -0.25) is 18.9 Å². The fourth-order valence-corrected chi connectivity index (χ4v) is 9.26. The summed E-state index contributed by atoms with van der Waals surface area (Å²) in [5.74, 6) is -1.28. The van der Waals surface area contributed by atoms with Crippen LogP contribution in [0.2, 0.25) is 10.0 Å². The van der Waals surface area contributed by atoms with Crippen LogP contribution in [0.15, 0.2) is 169 Å². The standard InChI is InChI=1S/2C26H22ClN3O6S.Ca/c2*1-3-36-18-9-6-8-17(13-18)28-26(32)21-12-16-7-4-5-10-20(16)24(25(21)31)30-29-23-15(2)11-19(14-22(23)27)37(33,34)35;/h2*4-14,31H,3H2,1-2H3,(H,28,32)(H,33,34,35);/q;;+2/p-2. The molecule has 0 atom stereocenters. The van der Waals surface area contributed by atoms with Crippen molar-refractivity contribution < 1.29 is 55.5 Å². The number of carbonyl (C=O) groups is 1. The van der Waals surface area contributed by atoms with Gasteiger partial charge in [0.1, 0.15) is 28.6 Å². The number of anilines is 1. The second-order valence-electron chi connectivity index (χ2n) is 15.9. The molecule has 8 rings (SSSR count). The van der Waals surface area contributed by atoms with Crippen LogP contribution in [0, 0.1) is 13.8 Å². The van der Waals surface area contributed by atoms with Crippen molar-refractivity contribution in [2.45, 2.75) is 37.5 Å². The first-order chi connectivity index (χ1) is 35.2. The number of hydrogen-bond acceptors (Lipinski definition) is 15. The maximum atomic E-state index is 13.4. The van der Waals surface area contributed by atoms with E-state index in [0.717, 1.165) is 12.1 Å². The molecule has 0 saturated heterocycles. The number of azo groups is 2. The molecule has 0 saturated carbocycles. The second kappa shape index (κ2) is 24.7. The first-order valence-electron chi connectivity index (χ1n) is 22.1. The molecule has 0 radical (unpaired) electrons. The molecule has 0 aromatic heterocycles. The predicted octanol–water partition coefficient (Wildman–Crippen LogP) is 11.8. The summed E-state index contributed by atoms with van der Waals surface area (Å²) >= 11 is 12.4. The molecule has 18 nitrogen and oxygen atoms in total. The topological polar surface area (TPSA) is 284 Å². The van der Waals surface area contributed by atoms with E-state index < -0.39 is 48.4 Å². The normalized spacial score (nSPS) is 11.9. The molecule has 8 aromatic rings. The zero-order valence-electron chi connectivity index (χ0n) is 40.1. The first kappa shape index (κ1) is 57.6. The molecule has 0 aliphatic carbocycles. The summed E-state index contributed by atoms with van der Waals surface area (Å²) in [6.45, 7) is 7.68. The van der Waals surface area contributed by atoms with Crippen LogP contribution >= 0.6 is 23.2 Å². The minimum atomic E-state index is -4.48. The number of phenolic OH excluding ortho intramolecular Hbond substituents is 1. The number of aryl methyl sites for hydroxylation is 2. The van der Waals surface area contributed by atoms with Gasteiger partial charge in [-0.2, -0.15) is 21.9 Å². The van der Waals surface area contributed by atoms with Crippen molar-refractivity contribution in [2.24, 2.45) is 25.4 Å². The van der Waals surface area contributed by atoms with Gasteiger partial charge in [0.25, 0.3) is 26.1 Å². The average Bonchev–Trinajstić information content (AvgIpc) is 3.34. The number of aromatic hydroxyl groups is 1. The molecule has 0 unspecified atom stereocenters. The monoisotopic (exact) mass is 1120 g/mol. The van der Waals surface area contributed by atoms with Gasteiger partial charge < -0.3 is 30.1 Å². The number of aliphatic imine (C=N–C) groups is 1. The predicted molar refractivity (Wildman–Crippen MR) is 284 cm³/mol. The molecular formula is C52H42CaCl2N6O12S2. The van der Waals surface area contributed by atoms with Crippen LogP contribution in [-0.4, -0.2) is 93.8 Å². The third-order valence-corrected chi connectivity index (χ3v) is 13.0. The summed E-state index contributed by atoms with van der Waals surface area (Å²) in [5, 5.41) is 58.7. The fraction of sp³-hybridized carbons (Fsp3) is 0.115. The summed E-state index contributed by atoms with van der Waals surface area (Å²) in [7, 11) is -8.94. The van der Waals surface area contributed by atoms with E-state index in [9.17, 15) is 46.1 Å². The van der Waals surface area contributed by atoms with E-state index in [1.54, 1.807) is 110 Å². The summed E-state index contributed by atoms with van der Waals surface area (Å²) in [4.78, 5) is 16.4. The van der Waals surface area contributed by atoms with Crippen molar-refractivity contribution in [2.75, 3.05) is 18.5 Å². The van der Waals surface area contributed by atoms with E-state index >= 15 is 0 Å². The molecule has 0 heterocycles. The molecule has 0 aliphatic rings. The van der Waals surface area contributed by atoms with Crippen LogP contribution in [0.5, 0.6) is 23.0 Å². The minimum absolute atomic E-state index is 0. The number of benzene rings is 8. The number of nitrogens with one attached hydrogen (secondary N) is 1. The van der Waals surface area contributed by atoms with E-state index in [2.05, 4.69) is 30.8 Å². The van der Waals surface area contributed by atoms with Crippen molar-refractivity contribution >= 4 is 149 Å². The molecule has 0 fully saturated rings. The molecule has 380 valence electrons. The number of carbonyl (C=O) groups excluding carboxylic acids is 1. The maximum absolute atomic E-state index is 13.4. The van der Waals surface area contributed by atoms with Crippen LogP contribution in [0.25, 0.3) is 21.5 Å². The Bertz CT molecular complexity index is 3780. The average molecular weight is 1120 g/mol. The van der Waals surface area contributed by atoms with Gasteiger partial charge in [0.05, 0.1) is 50.0 Å². The number of hydrogen-bond donors (Lipinski definition) is 4. The maximum Gasteiger partial charge on any atom is 2.00 e. The Kier molecular flexibility index (Phi) is 19.0. The van der Waals surface area contributed by atoms with Gasteiger partial charge in [-0.1, -0.05) is 89.6 Å². The fourth-order valence-electron chi connectivity index (χ4n) is 7.34. The van der Waals surface area contributed by atoms with Crippen LogP contribution in [0.3, 0.4) is 0 Å². The van der Waals surface area contributed by atoms with E-state index in [-0.39, 0.29) is 86.6 Å². The van der Waals surface area contributed by atoms with Crippen molar-refractivity contribution in [3.63, 3.8) is 0 Å². The zero-order chi connectivity index (χ0) is 53.5. The Morgan fingerprint density at radius 1 is 0.613 bits per heavy atom. The Balaban J connectivity index is 0.000000241. The second-order valence-corrected chi connectivity index (χ2v) is 19.6. The van der Waals surface area contributed by atoms with Gasteiger partial charge in [0.2, 0.25) is 0 Å². The SMILES string of the molecule is CCOc1cccc(N=C([O-])c2cc3ccccc3c(N=Nc3c(C)cc(S(=O)(=O)O)cc3Cl)c2[O-])c1.CCOc1cccc(NC(=O)c2cc3ccccc3c(N=Nc3c(C)cc(S(=O)(=O)O)cc3Cl)c2O)c1.[Ca+2]. The van der Waals surface area contributed by atoms with Gasteiger partial charge in [0, 0.05) is 28.6 Å². The first-order valence-corrected chi connectivity index (χ1v) is 25.7. The summed E-state index contributed by atoms with van der Waals surface area (Å²) < 4.78 is 75.3. The molecule has 75 heavy (non-hydrogen) atoms. The molecule has 1 amide bonds. The van der Waals surface area contributed by atoms with Crippen LogP contribution < -0.4 is 25.0 Å². The number of halogens is 2. The number of ether oxygens (including phenoxy) is 2. The van der Waals surface area contributed by atoms with E-state index in [1.165, 1.54) is 25.1 Å². The molecule has 0 spiro atoms. The van der Waals surface area contributed by atoms with Crippen LogP contribution in [-0.2, 0) is 20.2 Å². The molecule has 23 heteroatoms. The van der Waals surface area contributed by atoms with Crippen molar-refractivity contribution in [1.82, 2.24) is 0 Å². The third-order valence-electron chi connectivity index (χ3n) is 10.8. The van der Waals surface area contributed by atoms with Gasteiger partial charge in [0.15, 0.2) is 5.75 Å². The van der Waals surface area contributed by atoms with Gasteiger partial charge in [-0.15, -0.1) is 15.3 Å². The molecule has 8 aromatic carbocycles. The van der Waals surface area contributed by atoms with Gasteiger partial charge >= 0.3 is 37.7 Å². The van der Waals surface area contributed by atoms with Crippen molar-refractivity contribution in [3.05, 3.63) is 166 Å². The Labute approximate surface area is 470 Å². The summed E-state index contributed by atoms with van der Waals surface area (Å²) in [5.41, 5.74) is 1.38. The third kappa shape index (κ3) is 14.0. The van der Waals surface area contributed by atoms with Crippen LogP contribution in [0.4, 0.5) is 34.1 Å². The van der Waals surface area contributed by atoms with E-state index in [4.69, 9.17) is 32.7 Å². The Morgan fingerprint density at radius 3 is 1.60 bits per heavy atom.